The summed E-state index contributed by atoms with van der Waals surface area (Å²) in [6, 6.07) is 74.9. The van der Waals surface area contributed by atoms with Gasteiger partial charge in [0.25, 0.3) is 0 Å². The fraction of sp³-hybridized carbons (Fsp3) is 0.0290. The number of alkyl halides is 6. The van der Waals surface area contributed by atoms with Crippen LogP contribution in [0.5, 0.6) is 0 Å². The van der Waals surface area contributed by atoms with Gasteiger partial charge in [0.05, 0.1) is 78.3 Å². The summed E-state index contributed by atoms with van der Waals surface area (Å²) in [7, 11) is 0. The summed E-state index contributed by atoms with van der Waals surface area (Å²) in [5.74, 6) is 0. The first-order valence-electron chi connectivity index (χ1n) is 26.0. The minimum atomic E-state index is -5.15. The van der Waals surface area contributed by atoms with Crippen molar-refractivity contribution >= 4 is 87.2 Å². The number of hydrogen-bond donors (Lipinski definition) is 0. The van der Waals surface area contributed by atoms with Crippen molar-refractivity contribution in [2.75, 3.05) is 0 Å². The maximum absolute atomic E-state index is 15.3. The van der Waals surface area contributed by atoms with Crippen LogP contribution in [0.25, 0.3) is 132 Å². The molecule has 0 N–H and O–H groups in total. The summed E-state index contributed by atoms with van der Waals surface area (Å²) in [6.45, 7) is 0. The first-order valence-corrected chi connectivity index (χ1v) is 26.0. The van der Waals surface area contributed by atoms with Gasteiger partial charge in [0.1, 0.15) is 0 Å². The molecule has 5 nitrogen and oxygen atoms in total. The lowest BCUT2D eigenvalue weighted by atomic mass is 9.90. The van der Waals surface area contributed by atoms with Crippen LogP contribution in [0.2, 0.25) is 0 Å². The minimum absolute atomic E-state index is 0.289. The van der Waals surface area contributed by atoms with Crippen LogP contribution in [0.15, 0.2) is 237 Å². The molecule has 11 heteroatoms. The van der Waals surface area contributed by atoms with Crippen LogP contribution in [-0.4, -0.2) is 18.3 Å². The Morgan fingerprint density at radius 2 is 0.762 bits per heavy atom. The van der Waals surface area contributed by atoms with Gasteiger partial charge in [-0.3, -0.25) is 0 Å². The van der Waals surface area contributed by atoms with Crippen molar-refractivity contribution in [2.24, 2.45) is 0 Å². The molecule has 0 amide bonds. The van der Waals surface area contributed by atoms with Crippen molar-refractivity contribution in [1.29, 1.82) is 5.26 Å². The molecule has 0 saturated carbocycles. The van der Waals surface area contributed by atoms with Crippen molar-refractivity contribution in [1.82, 2.24) is 18.3 Å². The highest BCUT2D eigenvalue weighted by Crippen LogP contribution is 2.50. The zero-order chi connectivity index (χ0) is 54.2. The highest BCUT2D eigenvalue weighted by Gasteiger charge is 2.41. The van der Waals surface area contributed by atoms with Crippen molar-refractivity contribution in [3.05, 3.63) is 253 Å². The normalized spacial score (nSPS) is 12.4. The fourth-order valence-electron chi connectivity index (χ4n) is 12.7. The Bertz CT molecular complexity index is 5070. The van der Waals surface area contributed by atoms with Crippen LogP contribution >= 0.6 is 0 Å². The molecule has 0 unspecified atom stereocenters. The van der Waals surface area contributed by atoms with E-state index in [0.29, 0.717) is 40.2 Å². The number of hydrogen-bond acceptors (Lipinski definition) is 1. The lowest BCUT2D eigenvalue weighted by molar-refractivity contribution is -0.142. The topological polar surface area (TPSA) is 43.5 Å². The van der Waals surface area contributed by atoms with E-state index < -0.39 is 29.0 Å². The second-order valence-electron chi connectivity index (χ2n) is 20.1. The predicted octanol–water partition coefficient (Wildman–Crippen LogP) is 19.3. The van der Waals surface area contributed by atoms with Crippen molar-refractivity contribution in [3.63, 3.8) is 0 Å². The third kappa shape index (κ3) is 6.85. The van der Waals surface area contributed by atoms with E-state index in [1.54, 1.807) is 24.3 Å². The molecule has 0 spiro atoms. The number of fused-ring (bicyclic) bond motifs is 14. The van der Waals surface area contributed by atoms with Gasteiger partial charge in [-0.15, -0.1) is 0 Å². The zero-order valence-corrected chi connectivity index (χ0v) is 42.0. The van der Waals surface area contributed by atoms with Crippen LogP contribution in [0.4, 0.5) is 26.3 Å². The van der Waals surface area contributed by atoms with E-state index >= 15 is 26.3 Å². The van der Waals surface area contributed by atoms with Crippen LogP contribution in [0.1, 0.15) is 16.7 Å². The quantitative estimate of drug-likeness (QED) is 0.153. The Kier molecular flexibility index (Phi) is 10.2. The smallest absolute Gasteiger partial charge is 0.309 e. The van der Waals surface area contributed by atoms with Gasteiger partial charge < -0.3 is 18.3 Å². The first kappa shape index (κ1) is 46.9. The van der Waals surface area contributed by atoms with E-state index in [9.17, 15) is 5.26 Å². The monoisotopic (exact) mass is 1050 g/mol. The van der Waals surface area contributed by atoms with E-state index in [1.807, 2.05) is 109 Å². The lowest BCUT2D eigenvalue weighted by Gasteiger charge is -2.22. The zero-order valence-electron chi connectivity index (χ0n) is 42.0. The van der Waals surface area contributed by atoms with Gasteiger partial charge in [0, 0.05) is 71.2 Å². The number of aromatic nitrogens is 4. The van der Waals surface area contributed by atoms with E-state index in [2.05, 4.69) is 97.1 Å². The summed E-state index contributed by atoms with van der Waals surface area (Å²) >= 11 is 0. The SMILES string of the molecule is N#Cc1ccc(-c2cc(-c3c(C(F)(F)F)cccc3C(F)(F)F)ccc2-n2c3ccccc3c3c2ccc2c4ccccc4n(-c4ccccc4)c23)c(-n2c3ccccc3c3c2ccc2c4ccccc4n(-c4ccccc4)c23)c1. The maximum Gasteiger partial charge on any atom is 0.417 e. The molecule has 0 saturated heterocycles. The van der Waals surface area contributed by atoms with Gasteiger partial charge in [-0.25, -0.2) is 0 Å². The minimum Gasteiger partial charge on any atom is -0.309 e. The van der Waals surface area contributed by atoms with Gasteiger partial charge in [-0.2, -0.15) is 31.6 Å². The van der Waals surface area contributed by atoms with Crippen LogP contribution < -0.4 is 0 Å². The molecule has 382 valence electrons. The number of nitrogens with zero attached hydrogens (tertiary/aromatic N) is 5. The van der Waals surface area contributed by atoms with Gasteiger partial charge in [-0.1, -0.05) is 140 Å². The summed E-state index contributed by atoms with van der Waals surface area (Å²) in [5, 5.41) is 18.4. The molecule has 4 heterocycles. The molecule has 15 rings (SSSR count). The second-order valence-corrected chi connectivity index (χ2v) is 20.1. The van der Waals surface area contributed by atoms with Gasteiger partial charge in [0.2, 0.25) is 0 Å². The third-order valence-electron chi connectivity index (χ3n) is 15.8. The van der Waals surface area contributed by atoms with Gasteiger partial charge in [-0.05, 0) is 103 Å². The Labute approximate surface area is 451 Å². The Balaban J connectivity index is 1.10. The Morgan fingerprint density at radius 1 is 0.325 bits per heavy atom. The molecule has 80 heavy (non-hydrogen) atoms. The van der Waals surface area contributed by atoms with E-state index in [1.165, 1.54) is 12.1 Å². The fourth-order valence-corrected chi connectivity index (χ4v) is 12.7. The van der Waals surface area contributed by atoms with E-state index in [-0.39, 0.29) is 5.56 Å². The molecule has 0 radical (unpaired) electrons. The summed E-state index contributed by atoms with van der Waals surface area (Å²) in [4.78, 5) is 0. The number of rotatable bonds is 6. The molecule has 4 aromatic heterocycles. The van der Waals surface area contributed by atoms with Crippen molar-refractivity contribution < 1.29 is 26.3 Å². The number of para-hydroxylation sites is 6. The molecular weight excluding hydrogens is 1010 g/mol. The molecule has 0 fully saturated rings. The lowest BCUT2D eigenvalue weighted by Crippen LogP contribution is -2.14. The van der Waals surface area contributed by atoms with Crippen LogP contribution in [0.3, 0.4) is 0 Å². The van der Waals surface area contributed by atoms with Crippen molar-refractivity contribution in [3.8, 4) is 51.1 Å². The second kappa shape index (κ2) is 17.3. The number of nitriles is 1. The number of halogens is 6. The summed E-state index contributed by atoms with van der Waals surface area (Å²) in [6.07, 6.45) is -10.3. The van der Waals surface area contributed by atoms with Crippen molar-refractivity contribution in [2.45, 2.75) is 12.4 Å². The average Bonchev–Trinajstić information content (AvgIpc) is 4.37. The van der Waals surface area contributed by atoms with Gasteiger partial charge >= 0.3 is 12.4 Å². The molecule has 0 bridgehead atoms. The molecule has 0 aliphatic carbocycles. The van der Waals surface area contributed by atoms with Crippen LogP contribution in [0, 0.1) is 11.3 Å². The number of benzene rings is 11. The summed E-state index contributed by atoms with van der Waals surface area (Å²) in [5.41, 5.74) is 6.71. The highest BCUT2D eigenvalue weighted by molar-refractivity contribution is 6.28. The summed E-state index contributed by atoms with van der Waals surface area (Å²) < 4.78 is 100. The van der Waals surface area contributed by atoms with E-state index in [4.69, 9.17) is 0 Å². The maximum atomic E-state index is 15.3. The first-order chi connectivity index (χ1) is 39.0. The standard InChI is InChI=1S/C69H39F6N5/c70-68(71,72)53-24-15-25-54(69(73,74)75)63(53)42-31-35-59(79-57-28-13-9-22-50(57)64-60(79)36-33-48-45-20-7-11-26-55(45)77(66(48)64)43-16-3-1-4-17-43)52(39-42)47-32-30-41(40-76)38-62(47)80-58-29-14-10-23-51(58)65-61(80)37-34-49-46-21-8-12-27-56(46)78(67(49)65)44-18-5-2-6-19-44/h1-39H. The highest BCUT2D eigenvalue weighted by atomic mass is 19.4. The average molecular weight is 1050 g/mol. The molecular formula is C69H39F6N5. The van der Waals surface area contributed by atoms with Crippen LogP contribution in [-0.2, 0) is 12.4 Å². The Hall–Kier alpha value is -10.3. The predicted molar refractivity (Wildman–Crippen MR) is 309 cm³/mol. The molecule has 0 atom stereocenters. The van der Waals surface area contributed by atoms with Gasteiger partial charge in [0.15, 0.2) is 0 Å². The third-order valence-corrected chi connectivity index (χ3v) is 15.8. The Morgan fingerprint density at radius 3 is 1.24 bits per heavy atom. The molecule has 11 aromatic carbocycles. The van der Waals surface area contributed by atoms with E-state index in [0.717, 1.165) is 105 Å². The molecule has 0 aliphatic rings. The molecule has 0 aliphatic heterocycles. The largest absolute Gasteiger partial charge is 0.417 e. The molecule has 15 aromatic rings.